The number of halogens is 1. The van der Waals surface area contributed by atoms with E-state index in [-0.39, 0.29) is 23.4 Å². The highest BCUT2D eigenvalue weighted by Crippen LogP contribution is 2.28. The summed E-state index contributed by atoms with van der Waals surface area (Å²) in [6.07, 6.45) is 0. The average molecular weight is 460 g/mol. The molecule has 2 heterocycles. The Bertz CT molecular complexity index is 1140. The molecule has 3 aromatic rings. The Morgan fingerprint density at radius 2 is 1.88 bits per heavy atom. The zero-order valence-electron chi connectivity index (χ0n) is 18.9. The van der Waals surface area contributed by atoms with E-state index in [2.05, 4.69) is 15.2 Å². The fraction of sp³-hybridized carbons (Fsp3) is 0.364. The van der Waals surface area contributed by atoms with Crippen LogP contribution in [-0.4, -0.2) is 63.4 Å². The number of ether oxygens (including phenoxy) is 1. The molecule has 0 spiro atoms. The van der Waals surface area contributed by atoms with Crippen LogP contribution in [0, 0.1) is 19.7 Å². The summed E-state index contributed by atoms with van der Waals surface area (Å²) in [4.78, 5) is 29.9. The second-order valence-corrected chi connectivity index (χ2v) is 8.56. The van der Waals surface area contributed by atoms with Crippen LogP contribution in [0.5, 0.6) is 0 Å². The second-order valence-electron chi connectivity index (χ2n) is 7.62. The van der Waals surface area contributed by atoms with E-state index in [1.807, 2.05) is 30.5 Å². The van der Waals surface area contributed by atoms with Crippen LogP contribution >= 0.6 is 11.8 Å². The minimum Gasteiger partial charge on any atom is -0.465 e. The molecule has 8 nitrogen and oxygen atoms in total. The van der Waals surface area contributed by atoms with Gasteiger partial charge in [-0.1, -0.05) is 11.8 Å². The Kier molecular flexibility index (Phi) is 7.15. The van der Waals surface area contributed by atoms with Gasteiger partial charge in [-0.15, -0.1) is 10.2 Å². The number of aryl methyl sites for hydroxylation is 1. The smallest absolute Gasteiger partial charge is 0.339 e. The van der Waals surface area contributed by atoms with Crippen molar-refractivity contribution in [1.82, 2.24) is 24.6 Å². The number of H-pyrrole nitrogens is 1. The van der Waals surface area contributed by atoms with Crippen LogP contribution in [0.25, 0.3) is 5.69 Å². The van der Waals surface area contributed by atoms with Crippen LogP contribution in [-0.2, 0) is 4.74 Å². The van der Waals surface area contributed by atoms with Crippen molar-refractivity contribution in [2.24, 2.45) is 0 Å². The normalized spacial score (nSPS) is 12.2. The summed E-state index contributed by atoms with van der Waals surface area (Å²) in [7, 11) is 5.17. The van der Waals surface area contributed by atoms with Gasteiger partial charge in [0.1, 0.15) is 5.82 Å². The van der Waals surface area contributed by atoms with Crippen molar-refractivity contribution < 1.29 is 18.7 Å². The lowest BCUT2D eigenvalue weighted by Crippen LogP contribution is -2.20. The molecule has 10 heteroatoms. The first-order chi connectivity index (χ1) is 15.1. The van der Waals surface area contributed by atoms with E-state index >= 15 is 0 Å². The predicted octanol–water partition coefficient (Wildman–Crippen LogP) is 3.74. The summed E-state index contributed by atoms with van der Waals surface area (Å²) >= 11 is 1.23. The Labute approximate surface area is 190 Å². The van der Waals surface area contributed by atoms with Crippen LogP contribution < -0.4 is 0 Å². The van der Waals surface area contributed by atoms with E-state index in [9.17, 15) is 14.0 Å². The largest absolute Gasteiger partial charge is 0.465 e. The van der Waals surface area contributed by atoms with Gasteiger partial charge < -0.3 is 9.72 Å². The molecule has 0 saturated heterocycles. The number of thioether (sulfide) groups is 1. The number of carbonyl (C=O) groups is 2. The molecule has 1 N–H and O–H groups in total. The minimum absolute atomic E-state index is 0.0616. The molecule has 2 aromatic heterocycles. The summed E-state index contributed by atoms with van der Waals surface area (Å²) in [6, 6.07) is 5.99. The number of benzene rings is 1. The molecule has 1 unspecified atom stereocenters. The third-order valence-corrected chi connectivity index (χ3v) is 6.26. The summed E-state index contributed by atoms with van der Waals surface area (Å²) in [5.74, 6) is -0.247. The first-order valence-corrected chi connectivity index (χ1v) is 10.9. The summed E-state index contributed by atoms with van der Waals surface area (Å²) < 4.78 is 20.1. The number of ketones is 1. The molecule has 0 fully saturated rings. The Balaban J connectivity index is 1.91. The number of methoxy groups -OCH3 is 1. The van der Waals surface area contributed by atoms with E-state index in [1.165, 1.54) is 31.0 Å². The first kappa shape index (κ1) is 23.7. The quantitative estimate of drug-likeness (QED) is 0.312. The number of nitrogens with zero attached hydrogens (tertiary/aromatic N) is 4. The maximum absolute atomic E-state index is 13.5. The number of nitrogens with one attached hydrogen (secondary N) is 1. The standard InChI is InChI=1S/C22H26FN5O3S/c1-12-18(21(30)31-6)13(2)24-19(12)17(29)11-32-22-26-25-20(14(3)27(4)5)28(22)16-9-7-15(23)8-10-16/h7-10,14,24H,11H2,1-6H3. The first-order valence-electron chi connectivity index (χ1n) is 9.96. The lowest BCUT2D eigenvalue weighted by Gasteiger charge is -2.20. The Morgan fingerprint density at radius 3 is 2.47 bits per heavy atom. The number of aromatic nitrogens is 4. The highest BCUT2D eigenvalue weighted by molar-refractivity contribution is 7.99. The van der Waals surface area contributed by atoms with Crippen molar-refractivity contribution in [2.45, 2.75) is 32.0 Å². The molecule has 32 heavy (non-hydrogen) atoms. The molecular formula is C22H26FN5O3S. The predicted molar refractivity (Wildman–Crippen MR) is 120 cm³/mol. The number of carbonyl (C=O) groups excluding carboxylic acids is 2. The number of hydrogen-bond acceptors (Lipinski definition) is 7. The van der Waals surface area contributed by atoms with E-state index in [1.54, 1.807) is 26.0 Å². The minimum atomic E-state index is -0.485. The molecule has 1 atom stereocenters. The molecule has 170 valence electrons. The average Bonchev–Trinajstić information content (AvgIpc) is 3.32. The maximum Gasteiger partial charge on any atom is 0.339 e. The van der Waals surface area contributed by atoms with Gasteiger partial charge in [-0.3, -0.25) is 14.3 Å². The van der Waals surface area contributed by atoms with Gasteiger partial charge >= 0.3 is 5.97 Å². The molecule has 3 rings (SSSR count). The van der Waals surface area contributed by atoms with Gasteiger partial charge in [-0.05, 0) is 64.7 Å². The van der Waals surface area contributed by atoms with Gasteiger partial charge in [0.05, 0.1) is 30.2 Å². The summed E-state index contributed by atoms with van der Waals surface area (Å²) in [6.45, 7) is 5.43. The summed E-state index contributed by atoms with van der Waals surface area (Å²) in [5.41, 5.74) is 2.58. The SMILES string of the molecule is COC(=O)c1c(C)[nH]c(C(=O)CSc2nnc(C(C)N(C)C)n2-c2ccc(F)cc2)c1C. The van der Waals surface area contributed by atoms with Crippen LogP contribution in [0.15, 0.2) is 29.4 Å². The van der Waals surface area contributed by atoms with E-state index in [0.29, 0.717) is 39.2 Å². The lowest BCUT2D eigenvalue weighted by molar-refractivity contribution is 0.0599. The topological polar surface area (TPSA) is 93.1 Å². The third-order valence-electron chi connectivity index (χ3n) is 5.33. The van der Waals surface area contributed by atoms with Crippen molar-refractivity contribution in [3.8, 4) is 5.69 Å². The fourth-order valence-electron chi connectivity index (χ4n) is 3.35. The van der Waals surface area contributed by atoms with E-state index < -0.39 is 5.97 Å². The van der Waals surface area contributed by atoms with Crippen LogP contribution in [0.1, 0.15) is 50.9 Å². The molecule has 0 amide bonds. The zero-order chi connectivity index (χ0) is 23.6. The van der Waals surface area contributed by atoms with Gasteiger partial charge in [0.15, 0.2) is 16.8 Å². The number of aromatic amines is 1. The van der Waals surface area contributed by atoms with Gasteiger partial charge in [-0.2, -0.15) is 0 Å². The lowest BCUT2D eigenvalue weighted by atomic mass is 10.1. The zero-order valence-corrected chi connectivity index (χ0v) is 19.7. The summed E-state index contributed by atoms with van der Waals surface area (Å²) in [5, 5.41) is 9.14. The molecule has 0 bridgehead atoms. The highest BCUT2D eigenvalue weighted by atomic mass is 32.2. The van der Waals surface area contributed by atoms with Crippen molar-refractivity contribution >= 4 is 23.5 Å². The fourth-order valence-corrected chi connectivity index (χ4v) is 4.18. The number of Topliss-reactive ketones (excluding diaryl/α,β-unsaturated/α-hetero) is 1. The van der Waals surface area contributed by atoms with Gasteiger partial charge in [0, 0.05) is 11.4 Å². The molecule has 0 aliphatic rings. The molecule has 0 radical (unpaired) electrons. The van der Waals surface area contributed by atoms with Crippen LogP contribution in [0.4, 0.5) is 4.39 Å². The van der Waals surface area contributed by atoms with Crippen LogP contribution in [0.3, 0.4) is 0 Å². The van der Waals surface area contributed by atoms with Gasteiger partial charge in [0.25, 0.3) is 0 Å². The number of esters is 1. The van der Waals surface area contributed by atoms with E-state index in [4.69, 9.17) is 4.74 Å². The molecule has 0 aliphatic heterocycles. The maximum atomic E-state index is 13.5. The Hall–Kier alpha value is -2.98. The third kappa shape index (κ3) is 4.61. The second kappa shape index (κ2) is 9.66. The Morgan fingerprint density at radius 1 is 1.22 bits per heavy atom. The van der Waals surface area contributed by atoms with Crippen molar-refractivity contribution in [1.29, 1.82) is 0 Å². The highest BCUT2D eigenvalue weighted by Gasteiger charge is 2.25. The molecular weight excluding hydrogens is 433 g/mol. The molecule has 0 aliphatic carbocycles. The molecule has 1 aromatic carbocycles. The number of hydrogen-bond donors (Lipinski definition) is 1. The van der Waals surface area contributed by atoms with Gasteiger partial charge in [-0.25, -0.2) is 9.18 Å². The van der Waals surface area contributed by atoms with Gasteiger partial charge in [0.2, 0.25) is 0 Å². The van der Waals surface area contributed by atoms with E-state index in [0.717, 1.165) is 0 Å². The van der Waals surface area contributed by atoms with Crippen molar-refractivity contribution in [3.63, 3.8) is 0 Å². The molecule has 0 saturated carbocycles. The monoisotopic (exact) mass is 459 g/mol. The van der Waals surface area contributed by atoms with Crippen molar-refractivity contribution in [2.75, 3.05) is 27.0 Å². The van der Waals surface area contributed by atoms with Crippen LogP contribution in [0.2, 0.25) is 0 Å². The van der Waals surface area contributed by atoms with Crippen molar-refractivity contribution in [3.05, 3.63) is 58.4 Å². The number of rotatable bonds is 8.